The van der Waals surface area contributed by atoms with E-state index in [2.05, 4.69) is 10.6 Å². The summed E-state index contributed by atoms with van der Waals surface area (Å²) < 4.78 is 10.4. The van der Waals surface area contributed by atoms with E-state index in [1.54, 1.807) is 0 Å². The first-order valence-corrected chi connectivity index (χ1v) is 10.8. The maximum atomic E-state index is 12.4. The lowest BCUT2D eigenvalue weighted by Crippen LogP contribution is -2.48. The van der Waals surface area contributed by atoms with E-state index in [0.717, 1.165) is 37.2 Å². The molecule has 1 atom stereocenters. The second-order valence-electron chi connectivity index (χ2n) is 9.47. The molecule has 0 aromatic carbocycles. The SMILES string of the molecule is O=C(COC(=O)CNC(=O)CC12CC3CC(CC(C3)C1)C2)NC[C@H]1CCCO1. The third kappa shape index (κ3) is 4.85. The van der Waals surface area contributed by atoms with E-state index in [-0.39, 0.29) is 36.5 Å². The van der Waals surface area contributed by atoms with Crippen molar-refractivity contribution in [1.82, 2.24) is 10.6 Å². The molecule has 1 aliphatic heterocycles. The predicted molar refractivity (Wildman–Crippen MR) is 101 cm³/mol. The molecule has 5 aliphatic rings. The molecule has 1 heterocycles. The lowest BCUT2D eigenvalue weighted by molar-refractivity contribution is -0.149. The molecule has 2 N–H and O–H groups in total. The minimum atomic E-state index is -0.578. The molecule has 28 heavy (non-hydrogen) atoms. The van der Waals surface area contributed by atoms with Gasteiger partial charge in [0, 0.05) is 19.6 Å². The monoisotopic (exact) mass is 392 g/mol. The highest BCUT2D eigenvalue weighted by atomic mass is 16.5. The fourth-order valence-corrected chi connectivity index (χ4v) is 6.36. The lowest BCUT2D eigenvalue weighted by Gasteiger charge is -2.56. The summed E-state index contributed by atoms with van der Waals surface area (Å²) in [7, 11) is 0. The quantitative estimate of drug-likeness (QED) is 0.611. The number of hydrogen-bond donors (Lipinski definition) is 2. The van der Waals surface area contributed by atoms with Crippen LogP contribution in [0.25, 0.3) is 0 Å². The molecule has 4 aliphatic carbocycles. The van der Waals surface area contributed by atoms with Crippen molar-refractivity contribution in [3.05, 3.63) is 0 Å². The summed E-state index contributed by atoms with van der Waals surface area (Å²) in [6.07, 6.45) is 10.1. The Morgan fingerprint density at radius 1 is 0.964 bits per heavy atom. The molecule has 5 fully saturated rings. The number of carbonyl (C=O) groups is 3. The van der Waals surface area contributed by atoms with Gasteiger partial charge in [0.15, 0.2) is 6.61 Å². The van der Waals surface area contributed by atoms with Gasteiger partial charge in [0.2, 0.25) is 5.91 Å². The Morgan fingerprint density at radius 3 is 2.25 bits per heavy atom. The number of carbonyl (C=O) groups excluding carboxylic acids is 3. The zero-order valence-electron chi connectivity index (χ0n) is 16.5. The molecular weight excluding hydrogens is 360 g/mol. The van der Waals surface area contributed by atoms with Gasteiger partial charge in [0.05, 0.1) is 6.10 Å². The summed E-state index contributed by atoms with van der Waals surface area (Å²) >= 11 is 0. The number of hydrogen-bond acceptors (Lipinski definition) is 5. The molecule has 0 aromatic heterocycles. The third-order valence-electron chi connectivity index (χ3n) is 7.05. The van der Waals surface area contributed by atoms with Crippen molar-refractivity contribution in [2.24, 2.45) is 23.2 Å². The van der Waals surface area contributed by atoms with Crippen molar-refractivity contribution in [2.45, 2.75) is 63.9 Å². The summed E-state index contributed by atoms with van der Waals surface area (Å²) in [6, 6.07) is 0. The summed E-state index contributed by atoms with van der Waals surface area (Å²) in [4.78, 5) is 36.0. The average Bonchev–Trinajstić information content (AvgIpc) is 3.15. The van der Waals surface area contributed by atoms with Crippen molar-refractivity contribution in [3.63, 3.8) is 0 Å². The molecule has 4 bridgehead atoms. The number of nitrogens with one attached hydrogen (secondary N) is 2. The van der Waals surface area contributed by atoms with E-state index in [4.69, 9.17) is 9.47 Å². The maximum Gasteiger partial charge on any atom is 0.325 e. The maximum absolute atomic E-state index is 12.4. The van der Waals surface area contributed by atoms with Crippen LogP contribution in [0.4, 0.5) is 0 Å². The molecule has 5 rings (SSSR count). The molecule has 4 saturated carbocycles. The molecule has 7 nitrogen and oxygen atoms in total. The second-order valence-corrected chi connectivity index (χ2v) is 9.47. The average molecular weight is 392 g/mol. The van der Waals surface area contributed by atoms with E-state index < -0.39 is 5.97 Å². The second kappa shape index (κ2) is 8.39. The molecule has 2 amide bonds. The van der Waals surface area contributed by atoms with Crippen LogP contribution in [0.1, 0.15) is 57.8 Å². The summed E-state index contributed by atoms with van der Waals surface area (Å²) in [5.41, 5.74) is 0.158. The third-order valence-corrected chi connectivity index (χ3v) is 7.05. The first-order valence-electron chi connectivity index (χ1n) is 10.8. The van der Waals surface area contributed by atoms with E-state index >= 15 is 0 Å². The molecule has 0 unspecified atom stereocenters. The minimum Gasteiger partial charge on any atom is -0.454 e. The minimum absolute atomic E-state index is 0.0588. The smallest absolute Gasteiger partial charge is 0.325 e. The lowest BCUT2D eigenvalue weighted by atomic mass is 9.49. The molecule has 1 saturated heterocycles. The highest BCUT2D eigenvalue weighted by Gasteiger charge is 2.51. The summed E-state index contributed by atoms with van der Waals surface area (Å²) in [5, 5.41) is 5.39. The fraction of sp³-hybridized carbons (Fsp3) is 0.857. The van der Waals surface area contributed by atoms with E-state index in [9.17, 15) is 14.4 Å². The van der Waals surface area contributed by atoms with Crippen molar-refractivity contribution in [1.29, 1.82) is 0 Å². The Balaban J connectivity index is 1.12. The van der Waals surface area contributed by atoms with Crippen LogP contribution >= 0.6 is 0 Å². The number of ether oxygens (including phenoxy) is 2. The van der Waals surface area contributed by atoms with Crippen LogP contribution in [0, 0.1) is 23.2 Å². The summed E-state index contributed by atoms with van der Waals surface area (Å²) in [5.74, 6) is 1.42. The normalized spacial score (nSPS) is 35.6. The van der Waals surface area contributed by atoms with Crippen molar-refractivity contribution in [2.75, 3.05) is 26.3 Å². The van der Waals surface area contributed by atoms with Gasteiger partial charge >= 0.3 is 5.97 Å². The van der Waals surface area contributed by atoms with Gasteiger partial charge in [0.1, 0.15) is 6.54 Å². The van der Waals surface area contributed by atoms with Gasteiger partial charge in [-0.05, 0) is 74.5 Å². The largest absolute Gasteiger partial charge is 0.454 e. The Hall–Kier alpha value is -1.63. The fourth-order valence-electron chi connectivity index (χ4n) is 6.36. The molecule has 7 heteroatoms. The number of esters is 1. The standard InChI is InChI=1S/C21H32N2O5/c24-18(10-21-7-14-4-15(8-21)6-16(5-14)9-21)23-12-20(26)28-13-19(25)22-11-17-2-1-3-27-17/h14-17H,1-13H2,(H,22,25)(H,23,24)/t14?,15?,16?,17-,21?/m1/s1. The number of rotatable bonds is 8. The zero-order valence-corrected chi connectivity index (χ0v) is 16.5. The van der Waals surface area contributed by atoms with Crippen LogP contribution in [0.5, 0.6) is 0 Å². The van der Waals surface area contributed by atoms with Crippen molar-refractivity contribution in [3.8, 4) is 0 Å². The van der Waals surface area contributed by atoms with Gasteiger partial charge in [0.25, 0.3) is 5.91 Å². The van der Waals surface area contributed by atoms with Gasteiger partial charge in [-0.3, -0.25) is 14.4 Å². The van der Waals surface area contributed by atoms with Crippen LogP contribution in [0.2, 0.25) is 0 Å². The van der Waals surface area contributed by atoms with E-state index in [0.29, 0.717) is 13.0 Å². The molecule has 0 spiro atoms. The Morgan fingerprint density at radius 2 is 1.64 bits per heavy atom. The van der Waals surface area contributed by atoms with Gasteiger partial charge in [-0.15, -0.1) is 0 Å². The molecular formula is C21H32N2O5. The Bertz CT molecular complexity index is 579. The zero-order chi connectivity index (χ0) is 19.6. The molecule has 0 aromatic rings. The van der Waals surface area contributed by atoms with Crippen LogP contribution in [0.3, 0.4) is 0 Å². The van der Waals surface area contributed by atoms with E-state index in [1.165, 1.54) is 38.5 Å². The van der Waals surface area contributed by atoms with Crippen molar-refractivity contribution >= 4 is 17.8 Å². The molecule has 156 valence electrons. The highest BCUT2D eigenvalue weighted by Crippen LogP contribution is 2.61. The Kier molecular flexibility index (Phi) is 5.90. The number of amides is 2. The van der Waals surface area contributed by atoms with Crippen LogP contribution in [-0.2, 0) is 23.9 Å². The van der Waals surface area contributed by atoms with Crippen LogP contribution in [-0.4, -0.2) is 50.2 Å². The summed E-state index contributed by atoms with van der Waals surface area (Å²) in [6.45, 7) is 0.678. The van der Waals surface area contributed by atoms with Crippen molar-refractivity contribution < 1.29 is 23.9 Å². The van der Waals surface area contributed by atoms with Gasteiger partial charge in [-0.25, -0.2) is 0 Å². The molecule has 0 radical (unpaired) electrons. The predicted octanol–water partition coefficient (Wildman–Crippen LogP) is 1.55. The topological polar surface area (TPSA) is 93.7 Å². The van der Waals surface area contributed by atoms with Gasteiger partial charge < -0.3 is 20.1 Å². The van der Waals surface area contributed by atoms with Crippen LogP contribution < -0.4 is 10.6 Å². The first-order chi connectivity index (χ1) is 13.5. The Labute approximate surface area is 166 Å². The first kappa shape index (κ1) is 19.7. The van der Waals surface area contributed by atoms with Gasteiger partial charge in [-0.2, -0.15) is 0 Å². The highest BCUT2D eigenvalue weighted by molar-refractivity contribution is 5.84. The van der Waals surface area contributed by atoms with E-state index in [1.807, 2.05) is 0 Å². The van der Waals surface area contributed by atoms with Crippen LogP contribution in [0.15, 0.2) is 0 Å². The van der Waals surface area contributed by atoms with Gasteiger partial charge in [-0.1, -0.05) is 0 Å².